The highest BCUT2D eigenvalue weighted by atomic mass is 16.6. The van der Waals surface area contributed by atoms with Gasteiger partial charge in [0.1, 0.15) is 17.4 Å². The number of pyridine rings is 1. The SMILES string of the molecule is C[C@@H]1C[C@H](C(=O)OC(C)(C)C)CCN1c1ncnn2c(-c3cc(C#N)ccn3)cc(C3CC3)c12. The minimum Gasteiger partial charge on any atom is -0.460 e. The van der Waals surface area contributed by atoms with Crippen molar-refractivity contribution in [1.29, 1.82) is 5.26 Å². The number of fused-ring (bicyclic) bond motifs is 1. The van der Waals surface area contributed by atoms with Crippen molar-refractivity contribution in [2.24, 2.45) is 5.92 Å². The predicted molar refractivity (Wildman–Crippen MR) is 128 cm³/mol. The molecule has 0 aromatic carbocycles. The highest BCUT2D eigenvalue weighted by Gasteiger charge is 2.36. The van der Waals surface area contributed by atoms with E-state index in [1.807, 2.05) is 25.3 Å². The molecule has 3 aromatic heterocycles. The Labute approximate surface area is 199 Å². The first-order chi connectivity index (χ1) is 16.2. The van der Waals surface area contributed by atoms with E-state index in [0.29, 0.717) is 11.5 Å². The van der Waals surface area contributed by atoms with Gasteiger partial charge >= 0.3 is 5.97 Å². The third kappa shape index (κ3) is 4.23. The van der Waals surface area contributed by atoms with Crippen LogP contribution in [0.25, 0.3) is 16.9 Å². The molecule has 176 valence electrons. The van der Waals surface area contributed by atoms with Crippen molar-refractivity contribution in [3.8, 4) is 17.5 Å². The summed E-state index contributed by atoms with van der Waals surface area (Å²) in [6.07, 6.45) is 7.00. The Bertz CT molecular complexity index is 1280. The summed E-state index contributed by atoms with van der Waals surface area (Å²) in [7, 11) is 0. The number of nitrogens with zero attached hydrogens (tertiary/aromatic N) is 6. The molecule has 1 saturated carbocycles. The Hall–Kier alpha value is -3.47. The van der Waals surface area contributed by atoms with Crippen molar-refractivity contribution >= 4 is 17.3 Å². The van der Waals surface area contributed by atoms with E-state index in [2.05, 4.69) is 34.0 Å². The van der Waals surface area contributed by atoms with Crippen LogP contribution >= 0.6 is 0 Å². The average molecular weight is 459 g/mol. The molecule has 0 radical (unpaired) electrons. The number of ether oxygens (including phenoxy) is 1. The third-order valence-corrected chi connectivity index (χ3v) is 6.62. The Morgan fingerprint density at radius 1 is 1.21 bits per heavy atom. The van der Waals surface area contributed by atoms with Gasteiger partial charge in [-0.05, 0) is 83.1 Å². The molecule has 1 aliphatic carbocycles. The Kier molecular flexibility index (Phi) is 5.51. The molecule has 0 N–H and O–H groups in total. The molecular formula is C26H30N6O2. The molecule has 0 amide bonds. The fourth-order valence-corrected chi connectivity index (χ4v) is 4.88. The summed E-state index contributed by atoms with van der Waals surface area (Å²) < 4.78 is 7.57. The number of carbonyl (C=O) groups is 1. The number of nitriles is 1. The van der Waals surface area contributed by atoms with Crippen LogP contribution in [0.15, 0.2) is 30.7 Å². The molecule has 8 heteroatoms. The number of hydrogen-bond acceptors (Lipinski definition) is 7. The first-order valence-corrected chi connectivity index (χ1v) is 12.0. The van der Waals surface area contributed by atoms with E-state index in [1.54, 1.807) is 24.7 Å². The topological polar surface area (TPSA) is 96.4 Å². The Morgan fingerprint density at radius 2 is 2.00 bits per heavy atom. The Balaban J connectivity index is 1.51. The van der Waals surface area contributed by atoms with Crippen LogP contribution in [0.4, 0.5) is 5.82 Å². The van der Waals surface area contributed by atoms with Crippen LogP contribution in [-0.2, 0) is 9.53 Å². The van der Waals surface area contributed by atoms with Crippen LogP contribution < -0.4 is 4.90 Å². The van der Waals surface area contributed by atoms with E-state index >= 15 is 0 Å². The lowest BCUT2D eigenvalue weighted by Crippen LogP contribution is -2.44. The second-order valence-electron chi connectivity index (χ2n) is 10.4. The van der Waals surface area contributed by atoms with Gasteiger partial charge in [-0.2, -0.15) is 10.4 Å². The zero-order chi connectivity index (χ0) is 24.0. The van der Waals surface area contributed by atoms with Crippen LogP contribution in [0.5, 0.6) is 0 Å². The molecule has 0 bridgehead atoms. The number of carbonyl (C=O) groups excluding carboxylic acids is 1. The van der Waals surface area contributed by atoms with Crippen LogP contribution in [0.2, 0.25) is 0 Å². The van der Waals surface area contributed by atoms with Crippen molar-refractivity contribution in [1.82, 2.24) is 19.6 Å². The summed E-state index contributed by atoms with van der Waals surface area (Å²) in [5.41, 5.74) is 3.92. The summed E-state index contributed by atoms with van der Waals surface area (Å²) in [6, 6.07) is 8.00. The van der Waals surface area contributed by atoms with Gasteiger partial charge in [-0.15, -0.1) is 0 Å². The van der Waals surface area contributed by atoms with Gasteiger partial charge in [0.25, 0.3) is 0 Å². The van der Waals surface area contributed by atoms with Crippen LogP contribution in [0.3, 0.4) is 0 Å². The van der Waals surface area contributed by atoms with Gasteiger partial charge in [0, 0.05) is 18.8 Å². The molecule has 0 spiro atoms. The quantitative estimate of drug-likeness (QED) is 0.532. The first-order valence-electron chi connectivity index (χ1n) is 12.0. The van der Waals surface area contributed by atoms with Gasteiger partial charge in [-0.1, -0.05) is 0 Å². The van der Waals surface area contributed by atoms with Crippen molar-refractivity contribution in [3.05, 3.63) is 41.9 Å². The lowest BCUT2D eigenvalue weighted by atomic mass is 9.91. The molecule has 4 heterocycles. The minimum atomic E-state index is -0.478. The van der Waals surface area contributed by atoms with Crippen molar-refractivity contribution in [3.63, 3.8) is 0 Å². The Morgan fingerprint density at radius 3 is 2.68 bits per heavy atom. The molecule has 1 saturated heterocycles. The van der Waals surface area contributed by atoms with Gasteiger partial charge in [0.15, 0.2) is 5.82 Å². The van der Waals surface area contributed by atoms with Crippen molar-refractivity contribution < 1.29 is 9.53 Å². The van der Waals surface area contributed by atoms with E-state index in [9.17, 15) is 10.1 Å². The minimum absolute atomic E-state index is 0.105. The molecular weight excluding hydrogens is 428 g/mol. The molecule has 3 aromatic rings. The highest BCUT2D eigenvalue weighted by Crippen LogP contribution is 2.46. The van der Waals surface area contributed by atoms with Gasteiger partial charge in [0.05, 0.1) is 28.9 Å². The maximum absolute atomic E-state index is 12.7. The molecule has 2 atom stereocenters. The molecule has 1 aliphatic heterocycles. The summed E-state index contributed by atoms with van der Waals surface area (Å²) in [6.45, 7) is 8.60. The average Bonchev–Trinajstić information content (AvgIpc) is 3.57. The second-order valence-corrected chi connectivity index (χ2v) is 10.4. The molecule has 2 fully saturated rings. The summed E-state index contributed by atoms with van der Waals surface area (Å²) in [5.74, 6) is 1.17. The lowest BCUT2D eigenvalue weighted by molar-refractivity contribution is -0.161. The molecule has 34 heavy (non-hydrogen) atoms. The second kappa shape index (κ2) is 8.39. The summed E-state index contributed by atoms with van der Waals surface area (Å²) >= 11 is 0. The molecule has 8 nitrogen and oxygen atoms in total. The monoisotopic (exact) mass is 458 g/mol. The standard InChI is InChI=1S/C26H30N6O2/c1-16-11-19(25(33)34-26(2,3)4)8-10-31(16)24-23-20(18-5-6-18)13-22(32(23)30-15-29-24)21-12-17(14-27)7-9-28-21/h7,9,12-13,15-16,18-19H,5-6,8,10-11H2,1-4H3/t16-,19-/m1/s1. The zero-order valence-corrected chi connectivity index (χ0v) is 20.2. The van der Waals surface area contributed by atoms with Crippen molar-refractivity contribution in [2.75, 3.05) is 11.4 Å². The number of aromatic nitrogens is 4. The highest BCUT2D eigenvalue weighted by molar-refractivity contribution is 5.81. The smallest absolute Gasteiger partial charge is 0.309 e. The van der Waals surface area contributed by atoms with E-state index in [1.165, 1.54) is 5.56 Å². The van der Waals surface area contributed by atoms with Gasteiger partial charge in [-0.25, -0.2) is 9.50 Å². The number of rotatable bonds is 4. The van der Waals surface area contributed by atoms with Gasteiger partial charge in [0.2, 0.25) is 0 Å². The fraction of sp³-hybridized carbons (Fsp3) is 0.500. The summed E-state index contributed by atoms with van der Waals surface area (Å²) in [5, 5.41) is 13.9. The number of hydrogen-bond donors (Lipinski definition) is 0. The maximum atomic E-state index is 12.7. The maximum Gasteiger partial charge on any atom is 0.309 e. The predicted octanol–water partition coefficient (Wildman–Crippen LogP) is 4.49. The van der Waals surface area contributed by atoms with Crippen molar-refractivity contribution in [2.45, 2.75) is 70.9 Å². The van der Waals surface area contributed by atoms with Crippen LogP contribution in [0.1, 0.15) is 70.4 Å². The molecule has 0 unspecified atom stereocenters. The van der Waals surface area contributed by atoms with Crippen LogP contribution in [0, 0.1) is 17.2 Å². The fourth-order valence-electron chi connectivity index (χ4n) is 4.88. The van der Waals surface area contributed by atoms with Gasteiger partial charge in [-0.3, -0.25) is 9.78 Å². The van der Waals surface area contributed by atoms with Crippen LogP contribution in [-0.4, -0.2) is 43.7 Å². The third-order valence-electron chi connectivity index (χ3n) is 6.62. The van der Waals surface area contributed by atoms with E-state index in [-0.39, 0.29) is 17.9 Å². The first kappa shape index (κ1) is 22.3. The number of piperidine rings is 1. The number of anilines is 1. The normalized spacial score (nSPS) is 20.9. The zero-order valence-electron chi connectivity index (χ0n) is 20.2. The van der Waals surface area contributed by atoms with Gasteiger partial charge < -0.3 is 9.64 Å². The molecule has 2 aliphatic rings. The van der Waals surface area contributed by atoms with E-state index in [4.69, 9.17) is 9.72 Å². The largest absolute Gasteiger partial charge is 0.460 e. The van der Waals surface area contributed by atoms with E-state index in [0.717, 1.165) is 55.0 Å². The van der Waals surface area contributed by atoms with E-state index < -0.39 is 5.60 Å². The lowest BCUT2D eigenvalue weighted by Gasteiger charge is -2.38. The number of esters is 1. The summed E-state index contributed by atoms with van der Waals surface area (Å²) in [4.78, 5) is 24.2. The molecule has 5 rings (SSSR count).